The number of carbonyl (C=O) groups is 3. The van der Waals surface area contributed by atoms with E-state index >= 15 is 0 Å². The smallest absolute Gasteiger partial charge is 0.410 e. The summed E-state index contributed by atoms with van der Waals surface area (Å²) in [5.41, 5.74) is -3.55. The lowest BCUT2D eigenvalue weighted by molar-refractivity contribution is -0.423. The molecule has 21 nitrogen and oxygen atoms in total. The van der Waals surface area contributed by atoms with Crippen LogP contribution >= 0.6 is 0 Å². The summed E-state index contributed by atoms with van der Waals surface area (Å²) in [7, 11) is 0. The van der Waals surface area contributed by atoms with Crippen LogP contribution in [0.1, 0.15) is 119 Å². The summed E-state index contributed by atoms with van der Waals surface area (Å²) in [5, 5.41) is 59.0. The number of hydrogen-bond donors (Lipinski definition) is 0. The highest BCUT2D eigenvalue weighted by Crippen LogP contribution is 2.48. The van der Waals surface area contributed by atoms with Gasteiger partial charge in [-0.25, -0.2) is 19.2 Å². The van der Waals surface area contributed by atoms with Crippen LogP contribution in [0.4, 0.5) is 0 Å². The van der Waals surface area contributed by atoms with E-state index in [9.17, 15) is 55.3 Å². The van der Waals surface area contributed by atoms with Crippen molar-refractivity contribution in [1.29, 1.82) is 10.5 Å². The summed E-state index contributed by atoms with van der Waals surface area (Å²) < 4.78 is 16.5. The molecule has 21 heteroatoms. The van der Waals surface area contributed by atoms with Crippen LogP contribution in [-0.4, -0.2) is 106 Å². The van der Waals surface area contributed by atoms with Crippen LogP contribution in [0.2, 0.25) is 0 Å². The maximum Gasteiger partial charge on any atom is 0.410 e. The summed E-state index contributed by atoms with van der Waals surface area (Å²) >= 11 is 0. The predicted octanol–water partition coefficient (Wildman–Crippen LogP) is 7.26. The van der Waals surface area contributed by atoms with Gasteiger partial charge in [0.05, 0.1) is 49.6 Å². The number of nitrogens with zero attached hydrogens (tertiary/aromatic N) is 9. The van der Waals surface area contributed by atoms with Crippen molar-refractivity contribution in [1.82, 2.24) is 14.7 Å². The Hall–Kier alpha value is -7.08. The van der Waals surface area contributed by atoms with Crippen molar-refractivity contribution in [3.05, 3.63) is 110 Å². The van der Waals surface area contributed by atoms with Gasteiger partial charge in [0, 0.05) is 61.9 Å². The molecule has 0 bridgehead atoms. The molecule has 0 N–H and O–H groups in total. The number of hydrogen-bond acceptors (Lipinski definition) is 17. The molecule has 3 saturated heterocycles. The summed E-state index contributed by atoms with van der Waals surface area (Å²) in [6.45, 7) is 20.4. The third-order valence-electron chi connectivity index (χ3n) is 13.8. The van der Waals surface area contributed by atoms with Crippen LogP contribution in [0.15, 0.2) is 67.7 Å². The number of nitro groups is 3. The van der Waals surface area contributed by atoms with Crippen LogP contribution in [0.5, 0.6) is 0 Å². The predicted molar refractivity (Wildman–Crippen MR) is 249 cm³/mol. The van der Waals surface area contributed by atoms with Crippen molar-refractivity contribution in [3.63, 3.8) is 0 Å². The molecule has 3 heterocycles. The molecular formula is C49H61N9O12. The van der Waals surface area contributed by atoms with Gasteiger partial charge in [-0.3, -0.25) is 30.3 Å². The van der Waals surface area contributed by atoms with Gasteiger partial charge in [-0.1, -0.05) is 41.5 Å². The third-order valence-corrected chi connectivity index (χ3v) is 13.8. The number of likely N-dealkylation sites (tertiary alicyclic amines) is 3. The Balaban J connectivity index is 1.36. The Morgan fingerprint density at radius 1 is 0.557 bits per heavy atom. The van der Waals surface area contributed by atoms with E-state index in [1.807, 2.05) is 56.2 Å². The van der Waals surface area contributed by atoms with Gasteiger partial charge in [-0.05, 0) is 93.3 Å². The van der Waals surface area contributed by atoms with Crippen molar-refractivity contribution < 1.29 is 43.4 Å². The van der Waals surface area contributed by atoms with Gasteiger partial charge in [0.15, 0.2) is 0 Å². The standard InChI is InChI=1S/C49H61N9O12/c1-47(2)20-32(35(26-50)37(23-47)53-14-8-9-15-53)41(56(62)63)44(59)68-28-31(29-69-45(60)42(57(64)65)33-21-48(3,4)24-38(36(33)27-51)54-16-10-11-17-54)30-70-46(61)43(58(66)67)34-22-49(5,6)25-39(40(34)52-7)55-18-12-13-19-55/h31H,8-25,28-30H2,1-6H3/b41-32-,42-33-,43-34-. The molecule has 0 saturated carbocycles. The molecule has 3 aliphatic heterocycles. The van der Waals surface area contributed by atoms with Gasteiger partial charge >= 0.3 is 35.0 Å². The molecule has 3 aliphatic carbocycles. The Bertz CT molecular complexity index is 2270. The number of esters is 3. The molecule has 0 aromatic heterocycles. The first-order chi connectivity index (χ1) is 33.0. The quantitative estimate of drug-likeness (QED) is 0.0390. The van der Waals surface area contributed by atoms with Crippen molar-refractivity contribution in [2.24, 2.45) is 22.2 Å². The van der Waals surface area contributed by atoms with E-state index in [-0.39, 0.29) is 52.8 Å². The van der Waals surface area contributed by atoms with Gasteiger partial charge in [0.25, 0.3) is 0 Å². The average molecular weight is 968 g/mol. The molecular weight excluding hydrogens is 907 g/mol. The van der Waals surface area contributed by atoms with E-state index in [1.54, 1.807) is 0 Å². The van der Waals surface area contributed by atoms with Gasteiger partial charge in [0.2, 0.25) is 5.70 Å². The van der Waals surface area contributed by atoms with E-state index in [2.05, 4.69) is 17.0 Å². The lowest BCUT2D eigenvalue weighted by Crippen LogP contribution is -2.33. The molecule has 70 heavy (non-hydrogen) atoms. The minimum Gasteiger partial charge on any atom is -0.457 e. The number of rotatable bonds is 15. The lowest BCUT2D eigenvalue weighted by Gasteiger charge is -2.37. The SMILES string of the molecule is [C-]#[N+]C1=C(N2CCCC2)CC(C)(C)C/C1=C(\C(=O)OCC(COC(=O)/C(=C1\CC(C)(C)CC(N2CCCC2)=C1C#N)[N+](=O)[O-])COC(=O)/C(=C1\CC(C)(C)CC(N2CCCC2)=C1C#N)[N+](=O)[O-])[N+](=O)[O-]. The summed E-state index contributed by atoms with van der Waals surface area (Å²) in [4.78, 5) is 87.0. The fraction of sp³-hybridized carbons (Fsp3) is 0.633. The van der Waals surface area contributed by atoms with E-state index in [1.165, 1.54) is 0 Å². The first kappa shape index (κ1) is 52.3. The third kappa shape index (κ3) is 11.7. The Morgan fingerprint density at radius 2 is 0.843 bits per heavy atom. The molecule has 0 aromatic carbocycles. The van der Waals surface area contributed by atoms with E-state index in [4.69, 9.17) is 20.8 Å². The van der Waals surface area contributed by atoms with Gasteiger partial charge in [-0.15, -0.1) is 0 Å². The minimum absolute atomic E-state index is 0.0128. The first-order valence-corrected chi connectivity index (χ1v) is 23.8. The second-order valence-corrected chi connectivity index (χ2v) is 21.3. The fourth-order valence-electron chi connectivity index (χ4n) is 10.6. The summed E-state index contributed by atoms with van der Waals surface area (Å²) in [5.74, 6) is -5.84. The van der Waals surface area contributed by atoms with Crippen LogP contribution in [0.3, 0.4) is 0 Å². The second-order valence-electron chi connectivity index (χ2n) is 21.3. The van der Waals surface area contributed by atoms with E-state index in [0.717, 1.165) is 38.5 Å². The maximum absolute atomic E-state index is 14.0. The normalized spacial score (nSPS) is 23.1. The van der Waals surface area contributed by atoms with Crippen LogP contribution in [0, 0.1) is 81.7 Å². The maximum atomic E-state index is 14.0. The lowest BCUT2D eigenvalue weighted by atomic mass is 9.73. The van der Waals surface area contributed by atoms with Gasteiger partial charge in [0.1, 0.15) is 32.0 Å². The zero-order valence-corrected chi connectivity index (χ0v) is 40.9. The molecule has 6 aliphatic rings. The number of ether oxygens (including phenoxy) is 3. The second kappa shape index (κ2) is 21.3. The average Bonchev–Trinajstić information content (AvgIpc) is 4.10. The number of carbonyl (C=O) groups excluding carboxylic acids is 3. The summed E-state index contributed by atoms with van der Waals surface area (Å²) in [6.07, 6.45) is 6.34. The molecule has 3 fully saturated rings. The van der Waals surface area contributed by atoms with E-state index in [0.29, 0.717) is 75.6 Å². The largest absolute Gasteiger partial charge is 0.457 e. The van der Waals surface area contributed by atoms with Gasteiger partial charge < -0.3 is 28.9 Å². The zero-order valence-electron chi connectivity index (χ0n) is 40.9. The molecule has 0 spiro atoms. The van der Waals surface area contributed by atoms with Crippen molar-refractivity contribution in [3.8, 4) is 12.1 Å². The Kier molecular flexibility index (Phi) is 15.9. The highest BCUT2D eigenvalue weighted by atomic mass is 16.6. The van der Waals surface area contributed by atoms with Crippen LogP contribution in [-0.2, 0) is 28.6 Å². The molecule has 0 aromatic rings. The molecule has 0 unspecified atom stereocenters. The molecule has 0 atom stereocenters. The number of nitriles is 2. The highest BCUT2D eigenvalue weighted by Gasteiger charge is 2.45. The van der Waals surface area contributed by atoms with Crippen molar-refractivity contribution in [2.75, 3.05) is 59.1 Å². The molecule has 374 valence electrons. The first-order valence-electron chi connectivity index (χ1n) is 23.8. The van der Waals surface area contributed by atoms with Crippen molar-refractivity contribution >= 4 is 17.9 Å². The zero-order chi connectivity index (χ0) is 51.3. The highest BCUT2D eigenvalue weighted by molar-refractivity contribution is 5.89. The Morgan fingerprint density at radius 3 is 1.14 bits per heavy atom. The minimum atomic E-state index is -1.47. The fourth-order valence-corrected chi connectivity index (χ4v) is 10.6. The molecule has 0 radical (unpaired) electrons. The monoisotopic (exact) mass is 967 g/mol. The van der Waals surface area contributed by atoms with Gasteiger partial charge in [-0.2, -0.15) is 10.5 Å². The topological polar surface area (TPSA) is 270 Å². The van der Waals surface area contributed by atoms with Crippen molar-refractivity contribution in [2.45, 2.75) is 119 Å². The summed E-state index contributed by atoms with van der Waals surface area (Å²) in [6, 6.07) is 4.16. The van der Waals surface area contributed by atoms with Crippen LogP contribution < -0.4 is 0 Å². The molecule has 0 amide bonds. The van der Waals surface area contributed by atoms with E-state index < -0.39 is 91.8 Å². The Labute approximate surface area is 407 Å². The molecule has 6 rings (SSSR count). The number of allylic oxidation sites excluding steroid dienone is 8. The van der Waals surface area contributed by atoms with Crippen LogP contribution in [0.25, 0.3) is 4.85 Å².